The number of piperidine rings is 1. The first-order chi connectivity index (χ1) is 15.2. The van der Waals surface area contributed by atoms with Crippen LogP contribution < -0.4 is 9.64 Å². The lowest BCUT2D eigenvalue weighted by molar-refractivity contribution is 0.0563. The number of aromatic amines is 1. The minimum atomic E-state index is 0.151. The van der Waals surface area contributed by atoms with Crippen LogP contribution in [-0.2, 0) is 0 Å². The van der Waals surface area contributed by atoms with Gasteiger partial charge in [-0.15, -0.1) is 0 Å². The fourth-order valence-corrected chi connectivity index (χ4v) is 4.94. The van der Waals surface area contributed by atoms with Gasteiger partial charge in [-0.3, -0.25) is 9.69 Å². The van der Waals surface area contributed by atoms with E-state index in [0.29, 0.717) is 6.04 Å². The van der Waals surface area contributed by atoms with Crippen molar-refractivity contribution >= 4 is 22.5 Å². The number of fused-ring (bicyclic) bond motifs is 1. The molecule has 31 heavy (non-hydrogen) atoms. The van der Waals surface area contributed by atoms with Gasteiger partial charge in [-0.1, -0.05) is 6.07 Å². The summed E-state index contributed by atoms with van der Waals surface area (Å²) in [6, 6.07) is 16.8. The minimum Gasteiger partial charge on any atom is -0.497 e. The van der Waals surface area contributed by atoms with Crippen LogP contribution in [0.5, 0.6) is 5.75 Å². The van der Waals surface area contributed by atoms with Crippen molar-refractivity contribution in [1.29, 1.82) is 0 Å². The van der Waals surface area contributed by atoms with E-state index < -0.39 is 0 Å². The monoisotopic (exact) mass is 418 g/mol. The predicted molar refractivity (Wildman–Crippen MR) is 124 cm³/mol. The van der Waals surface area contributed by atoms with Gasteiger partial charge in [-0.2, -0.15) is 0 Å². The number of rotatable bonds is 4. The third-order valence-electron chi connectivity index (χ3n) is 6.75. The maximum atomic E-state index is 13.2. The van der Waals surface area contributed by atoms with Crippen molar-refractivity contribution in [3.05, 3.63) is 60.3 Å². The molecule has 0 radical (unpaired) electrons. The van der Waals surface area contributed by atoms with Gasteiger partial charge in [-0.25, -0.2) is 0 Å². The molecule has 2 aromatic carbocycles. The summed E-state index contributed by atoms with van der Waals surface area (Å²) in [5.74, 6) is 1.04. The number of piperazine rings is 1. The van der Waals surface area contributed by atoms with E-state index in [0.717, 1.165) is 67.9 Å². The highest BCUT2D eigenvalue weighted by Crippen LogP contribution is 2.24. The van der Waals surface area contributed by atoms with E-state index in [1.165, 1.54) is 12.1 Å². The van der Waals surface area contributed by atoms with Crippen LogP contribution in [0.1, 0.15) is 23.2 Å². The summed E-state index contributed by atoms with van der Waals surface area (Å²) in [5.41, 5.74) is 3.05. The van der Waals surface area contributed by atoms with Crippen molar-refractivity contribution in [3.63, 3.8) is 0 Å². The summed E-state index contributed by atoms with van der Waals surface area (Å²) < 4.78 is 5.27. The van der Waals surface area contributed by atoms with Crippen molar-refractivity contribution in [3.8, 4) is 5.75 Å². The van der Waals surface area contributed by atoms with Crippen molar-refractivity contribution in [2.75, 3.05) is 51.3 Å². The summed E-state index contributed by atoms with van der Waals surface area (Å²) in [5, 5.41) is 1.14. The van der Waals surface area contributed by atoms with E-state index in [1.54, 1.807) is 7.11 Å². The average molecular weight is 419 g/mol. The molecule has 2 fully saturated rings. The first-order valence-electron chi connectivity index (χ1n) is 11.2. The van der Waals surface area contributed by atoms with Gasteiger partial charge in [0, 0.05) is 68.3 Å². The summed E-state index contributed by atoms with van der Waals surface area (Å²) in [4.78, 5) is 23.4. The number of hydrogen-bond acceptors (Lipinski definition) is 4. The Morgan fingerprint density at radius 1 is 1.00 bits per heavy atom. The molecule has 3 aromatic rings. The molecule has 1 N–H and O–H groups in total. The number of methoxy groups -OCH3 is 1. The van der Waals surface area contributed by atoms with Crippen LogP contribution in [0.3, 0.4) is 0 Å². The highest BCUT2D eigenvalue weighted by molar-refractivity contribution is 5.98. The summed E-state index contributed by atoms with van der Waals surface area (Å²) in [7, 11) is 1.70. The fraction of sp³-hybridized carbons (Fsp3) is 0.400. The van der Waals surface area contributed by atoms with Crippen LogP contribution >= 0.6 is 0 Å². The molecule has 3 heterocycles. The fourth-order valence-electron chi connectivity index (χ4n) is 4.94. The molecule has 0 unspecified atom stereocenters. The highest BCUT2D eigenvalue weighted by Gasteiger charge is 2.30. The normalized spacial score (nSPS) is 20.2. The standard InChI is InChI=1S/C25H30N4O2/c1-31-23-8-6-21(7-9-23)27-13-15-28(16-14-27)22-3-2-12-29(18-22)25(30)20-5-4-19-10-11-26-24(19)17-20/h4-11,17,22,26H,2-3,12-16,18H2,1H3/t22-/m0/s1. The molecule has 5 rings (SSSR count). The second-order valence-corrected chi connectivity index (χ2v) is 8.55. The minimum absolute atomic E-state index is 0.151. The molecule has 1 atom stereocenters. The Balaban J connectivity index is 1.20. The Morgan fingerprint density at radius 3 is 2.58 bits per heavy atom. The van der Waals surface area contributed by atoms with Crippen LogP contribution in [0.25, 0.3) is 10.9 Å². The smallest absolute Gasteiger partial charge is 0.253 e. The van der Waals surface area contributed by atoms with Gasteiger partial charge in [0.15, 0.2) is 0 Å². The number of nitrogens with zero attached hydrogens (tertiary/aromatic N) is 3. The van der Waals surface area contributed by atoms with Crippen LogP contribution in [-0.4, -0.2) is 73.1 Å². The summed E-state index contributed by atoms with van der Waals surface area (Å²) in [6.07, 6.45) is 4.16. The Hall–Kier alpha value is -2.99. The zero-order valence-corrected chi connectivity index (χ0v) is 18.1. The topological polar surface area (TPSA) is 51.8 Å². The van der Waals surface area contributed by atoms with Gasteiger partial charge in [0.05, 0.1) is 7.11 Å². The largest absolute Gasteiger partial charge is 0.497 e. The number of hydrogen-bond donors (Lipinski definition) is 1. The Labute approximate surface area is 183 Å². The van der Waals surface area contributed by atoms with Gasteiger partial charge in [0.1, 0.15) is 5.75 Å². The quantitative estimate of drug-likeness (QED) is 0.703. The number of amides is 1. The lowest BCUT2D eigenvalue weighted by Crippen LogP contribution is -2.55. The molecule has 1 aromatic heterocycles. The number of aromatic nitrogens is 1. The first-order valence-corrected chi connectivity index (χ1v) is 11.2. The van der Waals surface area contributed by atoms with Gasteiger partial charge < -0.3 is 19.5 Å². The van der Waals surface area contributed by atoms with E-state index in [4.69, 9.17) is 4.74 Å². The molecule has 6 nitrogen and oxygen atoms in total. The molecule has 0 saturated carbocycles. The third-order valence-corrected chi connectivity index (χ3v) is 6.75. The zero-order valence-electron chi connectivity index (χ0n) is 18.1. The second-order valence-electron chi connectivity index (χ2n) is 8.55. The maximum Gasteiger partial charge on any atom is 0.253 e. The second kappa shape index (κ2) is 8.63. The van der Waals surface area contributed by atoms with E-state index in [9.17, 15) is 4.79 Å². The number of likely N-dealkylation sites (tertiary alicyclic amines) is 1. The Bertz CT molecular complexity index is 1040. The first kappa shape index (κ1) is 19.9. The van der Waals surface area contributed by atoms with E-state index in [-0.39, 0.29) is 5.91 Å². The number of anilines is 1. The Morgan fingerprint density at radius 2 is 1.81 bits per heavy atom. The molecule has 0 spiro atoms. The van der Waals surface area contributed by atoms with Gasteiger partial charge in [0.2, 0.25) is 0 Å². The SMILES string of the molecule is COc1ccc(N2CCN([C@H]3CCCN(C(=O)c4ccc5cc[nH]c5c4)C3)CC2)cc1. The van der Waals surface area contributed by atoms with Gasteiger partial charge >= 0.3 is 0 Å². The molecule has 2 aliphatic rings. The highest BCUT2D eigenvalue weighted by atomic mass is 16.5. The van der Waals surface area contributed by atoms with Crippen molar-refractivity contribution in [1.82, 2.24) is 14.8 Å². The molecule has 162 valence electrons. The van der Waals surface area contributed by atoms with Gasteiger partial charge in [0.25, 0.3) is 5.91 Å². The van der Waals surface area contributed by atoms with Crippen LogP contribution in [0.15, 0.2) is 54.7 Å². The number of H-pyrrole nitrogens is 1. The number of benzene rings is 2. The molecule has 0 aliphatic carbocycles. The lowest BCUT2D eigenvalue weighted by Gasteiger charge is -2.44. The van der Waals surface area contributed by atoms with Crippen LogP contribution in [0.2, 0.25) is 0 Å². The lowest BCUT2D eigenvalue weighted by atomic mass is 10.0. The van der Waals surface area contributed by atoms with E-state index in [2.05, 4.69) is 26.9 Å². The van der Waals surface area contributed by atoms with Crippen molar-refractivity contribution in [2.24, 2.45) is 0 Å². The van der Waals surface area contributed by atoms with Crippen LogP contribution in [0.4, 0.5) is 5.69 Å². The van der Waals surface area contributed by atoms with Crippen molar-refractivity contribution < 1.29 is 9.53 Å². The Kier molecular flexibility index (Phi) is 5.55. The zero-order chi connectivity index (χ0) is 21.2. The molecule has 2 aliphatic heterocycles. The molecule has 2 saturated heterocycles. The average Bonchev–Trinajstić information content (AvgIpc) is 3.32. The van der Waals surface area contributed by atoms with Gasteiger partial charge in [-0.05, 0) is 60.7 Å². The number of nitrogens with one attached hydrogen (secondary N) is 1. The summed E-state index contributed by atoms with van der Waals surface area (Å²) >= 11 is 0. The third kappa shape index (κ3) is 4.12. The number of carbonyl (C=O) groups is 1. The predicted octanol–water partition coefficient (Wildman–Crippen LogP) is 3.60. The number of ether oxygens (including phenoxy) is 1. The molecule has 1 amide bonds. The maximum absolute atomic E-state index is 13.2. The van der Waals surface area contributed by atoms with E-state index >= 15 is 0 Å². The van der Waals surface area contributed by atoms with E-state index in [1.807, 2.05) is 47.5 Å². The molecular weight excluding hydrogens is 388 g/mol. The molecular formula is C25H30N4O2. The van der Waals surface area contributed by atoms with Crippen LogP contribution in [0, 0.1) is 0 Å². The molecule has 0 bridgehead atoms. The summed E-state index contributed by atoms with van der Waals surface area (Å²) in [6.45, 7) is 5.77. The number of carbonyl (C=O) groups excluding carboxylic acids is 1. The molecule has 6 heteroatoms. The van der Waals surface area contributed by atoms with Crippen molar-refractivity contribution in [2.45, 2.75) is 18.9 Å².